The third kappa shape index (κ3) is 9.94. The second-order valence-electron chi connectivity index (χ2n) is 6.25. The maximum absolute atomic E-state index is 9.33. The molecule has 1 atom stereocenters. The Bertz CT molecular complexity index is 161. The van der Waals surface area contributed by atoms with Crippen molar-refractivity contribution < 1.29 is 5.11 Å². The van der Waals surface area contributed by atoms with Crippen LogP contribution in [0.15, 0.2) is 0 Å². The molecule has 0 aromatic heterocycles. The molecule has 1 unspecified atom stereocenters. The summed E-state index contributed by atoms with van der Waals surface area (Å²) in [5.74, 6) is 0. The van der Waals surface area contributed by atoms with Crippen molar-refractivity contribution in [2.75, 3.05) is 6.61 Å². The highest BCUT2D eigenvalue weighted by molar-refractivity contribution is 4.71. The lowest BCUT2D eigenvalue weighted by Gasteiger charge is -2.25. The van der Waals surface area contributed by atoms with E-state index in [-0.39, 0.29) is 5.41 Å². The van der Waals surface area contributed by atoms with Gasteiger partial charge in [-0.2, -0.15) is 0 Å². The second kappa shape index (κ2) is 12.0. The smallest absolute Gasteiger partial charge is 0.0484 e. The Labute approximate surface area is 115 Å². The van der Waals surface area contributed by atoms with Crippen LogP contribution in [0.2, 0.25) is 0 Å². The van der Waals surface area contributed by atoms with E-state index in [1.807, 2.05) is 0 Å². The zero-order valence-electron chi connectivity index (χ0n) is 13.1. The minimum Gasteiger partial charge on any atom is -0.396 e. The van der Waals surface area contributed by atoms with E-state index >= 15 is 0 Å². The Morgan fingerprint density at radius 1 is 0.722 bits per heavy atom. The number of rotatable bonds is 13. The van der Waals surface area contributed by atoms with E-state index in [4.69, 9.17) is 0 Å². The van der Waals surface area contributed by atoms with Gasteiger partial charge in [-0.25, -0.2) is 0 Å². The fourth-order valence-electron chi connectivity index (χ4n) is 2.41. The number of aliphatic hydroxyl groups excluding tert-OH is 1. The molecule has 0 aliphatic rings. The van der Waals surface area contributed by atoms with Crippen LogP contribution >= 0.6 is 0 Å². The molecule has 0 saturated carbocycles. The average Bonchev–Trinajstić information content (AvgIpc) is 2.40. The summed E-state index contributed by atoms with van der Waals surface area (Å²) in [6.07, 6.45) is 16.2. The van der Waals surface area contributed by atoms with Crippen LogP contribution in [0.5, 0.6) is 0 Å². The lowest BCUT2D eigenvalue weighted by atomic mass is 9.83. The first-order valence-electron chi connectivity index (χ1n) is 8.29. The van der Waals surface area contributed by atoms with Crippen LogP contribution in [0, 0.1) is 5.41 Å². The van der Waals surface area contributed by atoms with Gasteiger partial charge < -0.3 is 5.11 Å². The summed E-state index contributed by atoms with van der Waals surface area (Å²) >= 11 is 0. The summed E-state index contributed by atoms with van der Waals surface area (Å²) in [6.45, 7) is 7.02. The van der Waals surface area contributed by atoms with Crippen LogP contribution < -0.4 is 0 Å². The van der Waals surface area contributed by atoms with Gasteiger partial charge in [0.15, 0.2) is 0 Å². The van der Waals surface area contributed by atoms with E-state index in [2.05, 4.69) is 20.8 Å². The molecule has 0 fully saturated rings. The van der Waals surface area contributed by atoms with Gasteiger partial charge in [0.1, 0.15) is 0 Å². The highest BCUT2D eigenvalue weighted by Gasteiger charge is 2.19. The number of hydrogen-bond acceptors (Lipinski definition) is 1. The normalized spacial score (nSPS) is 14.7. The Kier molecular flexibility index (Phi) is 12.0. The maximum atomic E-state index is 9.33. The van der Waals surface area contributed by atoms with Gasteiger partial charge in [-0.3, -0.25) is 0 Å². The van der Waals surface area contributed by atoms with Gasteiger partial charge >= 0.3 is 0 Å². The molecule has 0 spiro atoms. The molecule has 18 heavy (non-hydrogen) atoms. The number of aliphatic hydroxyl groups is 1. The molecule has 1 nitrogen and oxygen atoms in total. The molecule has 0 rings (SSSR count). The minimum absolute atomic E-state index is 0.181. The zero-order valence-corrected chi connectivity index (χ0v) is 13.1. The van der Waals surface area contributed by atoms with Gasteiger partial charge in [-0.15, -0.1) is 0 Å². The first-order valence-corrected chi connectivity index (χ1v) is 8.29. The summed E-state index contributed by atoms with van der Waals surface area (Å²) in [6, 6.07) is 0. The lowest BCUT2D eigenvalue weighted by Crippen LogP contribution is -2.19. The summed E-state index contributed by atoms with van der Waals surface area (Å²) in [7, 11) is 0. The van der Waals surface area contributed by atoms with E-state index in [0.29, 0.717) is 6.61 Å². The maximum Gasteiger partial charge on any atom is 0.0484 e. The number of unbranched alkanes of at least 4 members (excludes halogenated alkanes) is 9. The molecule has 0 amide bonds. The third-order valence-electron chi connectivity index (χ3n) is 4.37. The fourth-order valence-corrected chi connectivity index (χ4v) is 2.41. The summed E-state index contributed by atoms with van der Waals surface area (Å²) in [4.78, 5) is 0. The first kappa shape index (κ1) is 18.0. The van der Waals surface area contributed by atoms with Crippen molar-refractivity contribution in [2.45, 2.75) is 97.8 Å². The third-order valence-corrected chi connectivity index (χ3v) is 4.37. The van der Waals surface area contributed by atoms with E-state index in [9.17, 15) is 5.11 Å². The van der Waals surface area contributed by atoms with Gasteiger partial charge in [0.2, 0.25) is 0 Å². The second-order valence-corrected chi connectivity index (χ2v) is 6.25. The minimum atomic E-state index is 0.181. The van der Waals surface area contributed by atoms with Crippen LogP contribution in [0.25, 0.3) is 0 Å². The molecule has 1 N–H and O–H groups in total. The van der Waals surface area contributed by atoms with Gasteiger partial charge in [0.05, 0.1) is 0 Å². The summed E-state index contributed by atoms with van der Waals surface area (Å²) in [5, 5.41) is 9.33. The molecular formula is C17H36O. The van der Waals surface area contributed by atoms with Crippen LogP contribution in [0.3, 0.4) is 0 Å². The fraction of sp³-hybridized carbons (Fsp3) is 1.00. The molecule has 0 aromatic carbocycles. The predicted octanol–water partition coefficient (Wildman–Crippen LogP) is 5.71. The highest BCUT2D eigenvalue weighted by Crippen LogP contribution is 2.27. The van der Waals surface area contributed by atoms with Crippen molar-refractivity contribution in [2.24, 2.45) is 5.41 Å². The molecule has 1 heteroatoms. The van der Waals surface area contributed by atoms with Crippen molar-refractivity contribution in [3.63, 3.8) is 0 Å². The van der Waals surface area contributed by atoms with Crippen LogP contribution in [-0.2, 0) is 0 Å². The summed E-state index contributed by atoms with van der Waals surface area (Å²) in [5.41, 5.74) is 0.181. The molecule has 0 bridgehead atoms. The van der Waals surface area contributed by atoms with E-state index < -0.39 is 0 Å². The summed E-state index contributed by atoms with van der Waals surface area (Å²) < 4.78 is 0. The standard InChI is InChI=1S/C17H36O/c1-4-6-7-8-9-10-11-12-13-14-15-17(3,5-2)16-18/h18H,4-16H2,1-3H3. The Morgan fingerprint density at radius 2 is 1.17 bits per heavy atom. The monoisotopic (exact) mass is 256 g/mol. The Hall–Kier alpha value is -0.0400. The van der Waals surface area contributed by atoms with E-state index in [0.717, 1.165) is 6.42 Å². The van der Waals surface area contributed by atoms with E-state index in [1.165, 1.54) is 70.6 Å². The van der Waals surface area contributed by atoms with Crippen LogP contribution in [-0.4, -0.2) is 11.7 Å². The molecular weight excluding hydrogens is 220 g/mol. The number of hydrogen-bond donors (Lipinski definition) is 1. The SMILES string of the molecule is CCCCCCCCCCCCC(C)(CC)CO. The van der Waals surface area contributed by atoms with Gasteiger partial charge in [0.25, 0.3) is 0 Å². The molecule has 0 aliphatic carbocycles. The van der Waals surface area contributed by atoms with Crippen LogP contribution in [0.4, 0.5) is 0 Å². The predicted molar refractivity (Wildman–Crippen MR) is 81.9 cm³/mol. The topological polar surface area (TPSA) is 20.2 Å². The average molecular weight is 256 g/mol. The van der Waals surface area contributed by atoms with Crippen molar-refractivity contribution in [1.82, 2.24) is 0 Å². The first-order chi connectivity index (χ1) is 8.68. The zero-order chi connectivity index (χ0) is 13.7. The molecule has 0 saturated heterocycles. The van der Waals surface area contributed by atoms with Gasteiger partial charge in [-0.1, -0.05) is 85.0 Å². The molecule has 0 aliphatic heterocycles. The largest absolute Gasteiger partial charge is 0.396 e. The van der Waals surface area contributed by atoms with E-state index in [1.54, 1.807) is 0 Å². The van der Waals surface area contributed by atoms with Crippen molar-refractivity contribution in [3.05, 3.63) is 0 Å². The van der Waals surface area contributed by atoms with Gasteiger partial charge in [0, 0.05) is 6.61 Å². The van der Waals surface area contributed by atoms with Crippen molar-refractivity contribution >= 4 is 0 Å². The quantitative estimate of drug-likeness (QED) is 0.419. The van der Waals surface area contributed by atoms with Crippen LogP contribution in [0.1, 0.15) is 97.8 Å². The highest BCUT2D eigenvalue weighted by atomic mass is 16.3. The molecule has 0 aromatic rings. The molecule has 0 radical (unpaired) electrons. The Morgan fingerprint density at radius 3 is 1.56 bits per heavy atom. The molecule has 0 heterocycles. The van der Waals surface area contributed by atoms with Crippen molar-refractivity contribution in [3.8, 4) is 0 Å². The molecule has 110 valence electrons. The van der Waals surface area contributed by atoms with Gasteiger partial charge in [-0.05, 0) is 18.3 Å². The lowest BCUT2D eigenvalue weighted by molar-refractivity contribution is 0.125. The Balaban J connectivity index is 3.21. The van der Waals surface area contributed by atoms with Crippen molar-refractivity contribution in [1.29, 1.82) is 0 Å².